The molecule has 1 saturated heterocycles. The minimum Gasteiger partial charge on any atom is -0.383 e. The van der Waals surface area contributed by atoms with E-state index < -0.39 is 0 Å². The lowest BCUT2D eigenvalue weighted by atomic mass is 10.0. The average Bonchev–Trinajstić information content (AvgIpc) is 2.78. The Morgan fingerprint density at radius 3 is 2.65 bits per heavy atom. The molecule has 4 nitrogen and oxygen atoms in total. The lowest BCUT2D eigenvalue weighted by molar-refractivity contribution is 0.0904. The Labute approximate surface area is 186 Å². The molecule has 0 bridgehead atoms. The Hall–Kier alpha value is -3.11. The molecular formula is C27H33N3O. The number of anilines is 1. The van der Waals surface area contributed by atoms with Crippen LogP contribution in [0.1, 0.15) is 30.9 Å². The van der Waals surface area contributed by atoms with Crippen molar-refractivity contribution in [2.75, 3.05) is 32.6 Å². The van der Waals surface area contributed by atoms with Gasteiger partial charge >= 0.3 is 0 Å². The van der Waals surface area contributed by atoms with Crippen LogP contribution in [0.3, 0.4) is 0 Å². The third-order valence-corrected chi connectivity index (χ3v) is 5.28. The van der Waals surface area contributed by atoms with E-state index in [1.165, 1.54) is 0 Å². The summed E-state index contributed by atoms with van der Waals surface area (Å²) in [5, 5.41) is 3.65. The Balaban J connectivity index is 1.99. The second-order valence-corrected chi connectivity index (χ2v) is 7.98. The predicted octanol–water partition coefficient (Wildman–Crippen LogP) is 6.02. The van der Waals surface area contributed by atoms with E-state index in [-0.39, 0.29) is 0 Å². The van der Waals surface area contributed by atoms with Crippen molar-refractivity contribution in [3.05, 3.63) is 85.1 Å². The van der Waals surface area contributed by atoms with E-state index in [1.807, 2.05) is 44.1 Å². The molecule has 4 heteroatoms. The predicted molar refractivity (Wildman–Crippen MR) is 133 cm³/mol. The molecule has 31 heavy (non-hydrogen) atoms. The highest BCUT2D eigenvalue weighted by Gasteiger charge is 2.17. The number of nitrogens with zero attached hydrogens (tertiary/aromatic N) is 2. The van der Waals surface area contributed by atoms with E-state index in [0.717, 1.165) is 65.4 Å². The fourth-order valence-corrected chi connectivity index (χ4v) is 3.70. The lowest BCUT2D eigenvalue weighted by Crippen LogP contribution is -2.28. The summed E-state index contributed by atoms with van der Waals surface area (Å²) >= 11 is 0. The third-order valence-electron chi connectivity index (χ3n) is 5.28. The fourth-order valence-electron chi connectivity index (χ4n) is 3.70. The van der Waals surface area contributed by atoms with Crippen molar-refractivity contribution in [3.8, 4) is 11.3 Å². The first-order valence-electron chi connectivity index (χ1n) is 10.8. The highest BCUT2D eigenvalue weighted by molar-refractivity contribution is 5.81. The van der Waals surface area contributed by atoms with E-state index in [2.05, 4.69) is 61.1 Å². The number of rotatable bonds is 8. The molecule has 1 aromatic heterocycles. The molecule has 0 saturated carbocycles. The normalized spacial score (nSPS) is 15.1. The second-order valence-electron chi connectivity index (χ2n) is 7.98. The van der Waals surface area contributed by atoms with Gasteiger partial charge in [-0.1, -0.05) is 49.6 Å². The molecule has 0 unspecified atom stereocenters. The standard InChI is InChI=1S/C27H33N3O/c1-6-9-20(3)25-12-13-26(29-27(25)28-24-14-16-31-17-15-24)23-11-8-10-22(18-23)21(7-2)19-30(4)5/h6-13,18-19,24H,2-3,14-17H2,1,4-5H3,(H,28,29)/b9-6-,21-19+. The third kappa shape index (κ3) is 5.96. The highest BCUT2D eigenvalue weighted by Crippen LogP contribution is 2.30. The summed E-state index contributed by atoms with van der Waals surface area (Å²) in [4.78, 5) is 7.05. The van der Waals surface area contributed by atoms with E-state index in [4.69, 9.17) is 9.72 Å². The molecule has 0 aliphatic carbocycles. The summed E-state index contributed by atoms with van der Waals surface area (Å²) in [7, 11) is 4.03. The molecule has 2 heterocycles. The second kappa shape index (κ2) is 10.8. The van der Waals surface area contributed by atoms with Gasteiger partial charge in [-0.2, -0.15) is 0 Å². The molecule has 2 aromatic rings. The number of ether oxygens (including phenoxy) is 1. The van der Waals surface area contributed by atoms with Gasteiger partial charge in [0, 0.05) is 50.7 Å². The van der Waals surface area contributed by atoms with Gasteiger partial charge in [-0.25, -0.2) is 4.98 Å². The molecule has 1 aliphatic rings. The van der Waals surface area contributed by atoms with Crippen LogP contribution in [0.4, 0.5) is 5.82 Å². The molecule has 0 spiro atoms. The topological polar surface area (TPSA) is 37.4 Å². The zero-order valence-electron chi connectivity index (χ0n) is 18.9. The van der Waals surface area contributed by atoms with E-state index in [0.29, 0.717) is 6.04 Å². The summed E-state index contributed by atoms with van der Waals surface area (Å²) < 4.78 is 5.51. The SMILES string of the molecule is C=C/C(=C\N(C)C)c1cccc(-c2ccc(C(=C)/C=C\C)c(NC3CCOCC3)n2)c1. The molecule has 162 valence electrons. The number of pyridine rings is 1. The van der Waals surface area contributed by atoms with E-state index >= 15 is 0 Å². The van der Waals surface area contributed by atoms with Crippen molar-refractivity contribution in [3.63, 3.8) is 0 Å². The number of allylic oxidation sites excluding steroid dienone is 5. The lowest BCUT2D eigenvalue weighted by Gasteiger charge is -2.25. The van der Waals surface area contributed by atoms with Crippen molar-refractivity contribution in [1.29, 1.82) is 0 Å². The van der Waals surface area contributed by atoms with Crippen molar-refractivity contribution in [2.24, 2.45) is 0 Å². The van der Waals surface area contributed by atoms with Gasteiger partial charge in [0.25, 0.3) is 0 Å². The van der Waals surface area contributed by atoms with E-state index in [9.17, 15) is 0 Å². The van der Waals surface area contributed by atoms with E-state index in [1.54, 1.807) is 0 Å². The molecular weight excluding hydrogens is 382 g/mol. The van der Waals surface area contributed by atoms with Gasteiger partial charge in [-0.05, 0) is 54.7 Å². The average molecular weight is 416 g/mol. The largest absolute Gasteiger partial charge is 0.383 e. The summed E-state index contributed by atoms with van der Waals surface area (Å²) in [6.07, 6.45) is 9.95. The number of nitrogens with one attached hydrogen (secondary N) is 1. The molecule has 3 rings (SSSR count). The van der Waals surface area contributed by atoms with Crippen molar-refractivity contribution in [2.45, 2.75) is 25.8 Å². The fraction of sp³-hybridized carbons (Fsp3) is 0.296. The van der Waals surface area contributed by atoms with Crippen molar-refractivity contribution in [1.82, 2.24) is 9.88 Å². The number of benzene rings is 1. The van der Waals surface area contributed by atoms with Crippen LogP contribution >= 0.6 is 0 Å². The summed E-state index contributed by atoms with van der Waals surface area (Å²) in [5.41, 5.74) is 6.18. The van der Waals surface area contributed by atoms with Gasteiger partial charge in [-0.3, -0.25) is 0 Å². The van der Waals surface area contributed by atoms with Gasteiger partial charge in [0.2, 0.25) is 0 Å². The first-order valence-corrected chi connectivity index (χ1v) is 10.8. The Morgan fingerprint density at radius 2 is 1.97 bits per heavy atom. The van der Waals surface area contributed by atoms with Crippen LogP contribution in [0, 0.1) is 0 Å². The van der Waals surface area contributed by atoms with Gasteiger partial charge < -0.3 is 15.0 Å². The van der Waals surface area contributed by atoms with Crippen LogP contribution in [0.15, 0.2) is 74.0 Å². The molecule has 0 amide bonds. The Kier molecular flexibility index (Phi) is 7.85. The first-order chi connectivity index (χ1) is 15.0. The number of hydrogen-bond donors (Lipinski definition) is 1. The monoisotopic (exact) mass is 415 g/mol. The summed E-state index contributed by atoms with van der Waals surface area (Å²) in [5.74, 6) is 0.880. The van der Waals surface area contributed by atoms with Gasteiger partial charge in [-0.15, -0.1) is 0 Å². The smallest absolute Gasteiger partial charge is 0.134 e. The molecule has 1 aliphatic heterocycles. The van der Waals surface area contributed by atoms with Gasteiger partial charge in [0.1, 0.15) is 5.82 Å². The van der Waals surface area contributed by atoms with Crippen LogP contribution in [0.2, 0.25) is 0 Å². The Bertz CT molecular complexity index is 982. The quantitative estimate of drug-likeness (QED) is 0.535. The van der Waals surface area contributed by atoms with Gasteiger partial charge in [0.15, 0.2) is 0 Å². The van der Waals surface area contributed by atoms with Crippen LogP contribution in [0.5, 0.6) is 0 Å². The van der Waals surface area contributed by atoms with Crippen molar-refractivity contribution >= 4 is 17.0 Å². The molecule has 1 aromatic carbocycles. The maximum Gasteiger partial charge on any atom is 0.134 e. The van der Waals surface area contributed by atoms with Crippen LogP contribution < -0.4 is 5.32 Å². The molecule has 0 radical (unpaired) electrons. The minimum atomic E-state index is 0.357. The summed E-state index contributed by atoms with van der Waals surface area (Å²) in [6, 6.07) is 13.0. The molecule has 1 fully saturated rings. The van der Waals surface area contributed by atoms with Crippen LogP contribution in [-0.4, -0.2) is 43.2 Å². The Morgan fingerprint density at radius 1 is 1.19 bits per heavy atom. The van der Waals surface area contributed by atoms with Gasteiger partial charge in [0.05, 0.1) is 5.69 Å². The molecule has 1 N–H and O–H groups in total. The maximum absolute atomic E-state index is 5.51. The number of hydrogen-bond acceptors (Lipinski definition) is 4. The number of aromatic nitrogens is 1. The summed E-state index contributed by atoms with van der Waals surface area (Å²) in [6.45, 7) is 11.8. The maximum atomic E-state index is 5.51. The molecule has 0 atom stereocenters. The first kappa shape index (κ1) is 22.6. The zero-order valence-corrected chi connectivity index (χ0v) is 18.9. The minimum absolute atomic E-state index is 0.357. The zero-order chi connectivity index (χ0) is 22.2. The van der Waals surface area contributed by atoms with Crippen LogP contribution in [0.25, 0.3) is 22.4 Å². The van der Waals surface area contributed by atoms with Crippen molar-refractivity contribution < 1.29 is 4.74 Å². The van der Waals surface area contributed by atoms with Crippen LogP contribution in [-0.2, 0) is 4.74 Å². The highest BCUT2D eigenvalue weighted by atomic mass is 16.5.